The van der Waals surface area contributed by atoms with Crippen LogP contribution in [-0.2, 0) is 16.0 Å². The quantitative estimate of drug-likeness (QED) is 0.254. The Morgan fingerprint density at radius 3 is 2.70 bits per heavy atom. The fourth-order valence-corrected chi connectivity index (χ4v) is 5.88. The molecule has 3 atom stereocenters. The molecule has 2 saturated heterocycles. The molecule has 0 bridgehead atoms. The summed E-state index contributed by atoms with van der Waals surface area (Å²) in [5.74, 6) is 0.595. The van der Waals surface area contributed by atoms with Crippen LogP contribution in [0.15, 0.2) is 64.1 Å². The zero-order valence-electron chi connectivity index (χ0n) is 22.7. The van der Waals surface area contributed by atoms with Crippen LogP contribution in [0.3, 0.4) is 0 Å². The number of anilines is 1. The molecular formula is C28H36Cl2N6O4. The molecule has 0 radical (unpaired) electrons. The van der Waals surface area contributed by atoms with Crippen molar-refractivity contribution in [2.45, 2.75) is 38.2 Å². The first kappa shape index (κ1) is 28.9. The number of aliphatic imine (C=N–C) groups is 1. The lowest BCUT2D eigenvalue weighted by Crippen LogP contribution is -2.48. The molecule has 3 heterocycles. The largest absolute Gasteiger partial charge is 0.491 e. The normalized spacial score (nSPS) is 25.6. The molecule has 5 rings (SSSR count). The summed E-state index contributed by atoms with van der Waals surface area (Å²) in [6, 6.07) is 8.18. The van der Waals surface area contributed by atoms with Crippen molar-refractivity contribution in [1.82, 2.24) is 19.7 Å². The van der Waals surface area contributed by atoms with Gasteiger partial charge in [0.25, 0.3) is 0 Å². The minimum atomic E-state index is -1.00. The number of amidine groups is 1. The number of allylic oxidation sites excluding steroid dienone is 3. The Hall–Kier alpha value is -2.63. The summed E-state index contributed by atoms with van der Waals surface area (Å²) < 4.78 is 20.6. The Kier molecular flexibility index (Phi) is 9.64. The van der Waals surface area contributed by atoms with E-state index >= 15 is 0 Å². The van der Waals surface area contributed by atoms with Crippen molar-refractivity contribution in [2.75, 3.05) is 57.4 Å². The highest BCUT2D eigenvalue weighted by atomic mass is 35.5. The molecule has 10 nitrogen and oxygen atoms in total. The Morgan fingerprint density at radius 2 is 2.00 bits per heavy atom. The van der Waals surface area contributed by atoms with Gasteiger partial charge in [-0.15, -0.1) is 0 Å². The second kappa shape index (κ2) is 13.4. The van der Waals surface area contributed by atoms with Crippen LogP contribution < -0.4 is 9.64 Å². The fourth-order valence-electron chi connectivity index (χ4n) is 5.25. The summed E-state index contributed by atoms with van der Waals surface area (Å²) in [6.07, 6.45) is 7.82. The van der Waals surface area contributed by atoms with Crippen LogP contribution in [0.5, 0.6) is 5.75 Å². The highest BCUT2D eigenvalue weighted by molar-refractivity contribution is 6.35. The van der Waals surface area contributed by atoms with Gasteiger partial charge in [-0.2, -0.15) is 5.10 Å². The summed E-state index contributed by atoms with van der Waals surface area (Å²) >= 11 is 12.8. The van der Waals surface area contributed by atoms with E-state index in [1.807, 2.05) is 25.1 Å². The molecule has 1 aliphatic carbocycles. The van der Waals surface area contributed by atoms with Crippen molar-refractivity contribution in [1.29, 1.82) is 0 Å². The van der Waals surface area contributed by atoms with E-state index in [0.29, 0.717) is 49.2 Å². The minimum absolute atomic E-state index is 0.178. The second-order valence-electron chi connectivity index (χ2n) is 10.1. The maximum Gasteiger partial charge on any atom is 0.196 e. The number of rotatable bonds is 10. The Balaban J connectivity index is 1.14. The number of hydrogen-bond donors (Lipinski definition) is 1. The van der Waals surface area contributed by atoms with Crippen molar-refractivity contribution in [2.24, 2.45) is 10.9 Å². The molecule has 2 aliphatic heterocycles. The molecule has 40 heavy (non-hydrogen) atoms. The van der Waals surface area contributed by atoms with Crippen LogP contribution in [0.25, 0.3) is 0 Å². The molecule has 1 aromatic heterocycles. The topological polar surface area (TPSA) is 97.5 Å². The lowest BCUT2D eigenvalue weighted by molar-refractivity contribution is -0.207. The fraction of sp³-hybridized carbons (Fsp3) is 0.536. The third-order valence-corrected chi connectivity index (χ3v) is 8.08. The van der Waals surface area contributed by atoms with Crippen LogP contribution in [0, 0.1) is 5.92 Å². The molecule has 1 N–H and O–H groups in total. The van der Waals surface area contributed by atoms with Gasteiger partial charge in [0.2, 0.25) is 0 Å². The highest BCUT2D eigenvalue weighted by Crippen LogP contribution is 2.43. The van der Waals surface area contributed by atoms with Gasteiger partial charge in [-0.05, 0) is 50.1 Å². The number of aliphatic hydroxyl groups excluding tert-OH is 1. The molecule has 0 spiro atoms. The van der Waals surface area contributed by atoms with Crippen LogP contribution >= 0.6 is 23.2 Å². The first-order valence-electron chi connectivity index (χ1n) is 13.7. The first-order chi connectivity index (χ1) is 19.5. The van der Waals surface area contributed by atoms with E-state index < -0.39 is 5.79 Å². The van der Waals surface area contributed by atoms with E-state index in [9.17, 15) is 0 Å². The zero-order valence-corrected chi connectivity index (χ0v) is 24.2. The van der Waals surface area contributed by atoms with Crippen molar-refractivity contribution in [3.05, 3.63) is 59.1 Å². The third kappa shape index (κ3) is 6.98. The Bertz CT molecular complexity index is 1200. The third-order valence-electron chi connectivity index (χ3n) is 7.45. The molecule has 3 aliphatic rings. The SMILES string of the molecule is C/C(=N\CCCO)N1CCN(c2ccc(OCC3COC(Cn4cncn4)(C4CC=C(Cl)C=C4Cl)O3)cc2)CC1. The van der Waals surface area contributed by atoms with Crippen LogP contribution in [-0.4, -0.2) is 95.0 Å². The summed E-state index contributed by atoms with van der Waals surface area (Å²) in [5.41, 5.74) is 1.17. The van der Waals surface area contributed by atoms with E-state index in [0.717, 1.165) is 37.8 Å². The number of benzene rings is 1. The lowest BCUT2D eigenvalue weighted by Gasteiger charge is -2.37. The average Bonchev–Trinajstić information content (AvgIpc) is 3.63. The van der Waals surface area contributed by atoms with Gasteiger partial charge >= 0.3 is 0 Å². The number of piperazine rings is 1. The van der Waals surface area contributed by atoms with Gasteiger partial charge in [0.05, 0.1) is 24.9 Å². The molecule has 1 aromatic carbocycles. The lowest BCUT2D eigenvalue weighted by atomic mass is 9.90. The van der Waals surface area contributed by atoms with Gasteiger partial charge in [-0.3, -0.25) is 4.99 Å². The van der Waals surface area contributed by atoms with E-state index in [1.165, 1.54) is 12.0 Å². The van der Waals surface area contributed by atoms with E-state index in [-0.39, 0.29) is 18.6 Å². The Labute approximate surface area is 244 Å². The summed E-state index contributed by atoms with van der Waals surface area (Å²) in [6.45, 7) is 7.64. The molecule has 216 valence electrons. The number of aromatic nitrogens is 3. The van der Waals surface area contributed by atoms with Crippen molar-refractivity contribution in [3.63, 3.8) is 0 Å². The van der Waals surface area contributed by atoms with E-state index in [4.69, 9.17) is 42.5 Å². The van der Waals surface area contributed by atoms with Crippen LogP contribution in [0.2, 0.25) is 0 Å². The molecule has 0 saturated carbocycles. The van der Waals surface area contributed by atoms with Crippen molar-refractivity contribution < 1.29 is 19.3 Å². The predicted octanol–water partition coefficient (Wildman–Crippen LogP) is 3.66. The maximum atomic E-state index is 8.96. The second-order valence-corrected chi connectivity index (χ2v) is 11.0. The average molecular weight is 592 g/mol. The highest BCUT2D eigenvalue weighted by Gasteiger charge is 2.50. The summed E-state index contributed by atoms with van der Waals surface area (Å²) in [5, 5.41) is 14.4. The van der Waals surface area contributed by atoms with Gasteiger partial charge in [-0.1, -0.05) is 29.3 Å². The number of aliphatic hydroxyl groups is 1. The zero-order chi connectivity index (χ0) is 28.0. The molecule has 2 aromatic rings. The van der Waals surface area contributed by atoms with Gasteiger partial charge in [-0.25, -0.2) is 9.67 Å². The minimum Gasteiger partial charge on any atom is -0.491 e. The molecule has 0 amide bonds. The monoisotopic (exact) mass is 590 g/mol. The number of halogens is 2. The number of ether oxygens (including phenoxy) is 3. The summed E-state index contributed by atoms with van der Waals surface area (Å²) in [7, 11) is 0. The van der Waals surface area contributed by atoms with E-state index in [1.54, 1.807) is 17.1 Å². The first-order valence-corrected chi connectivity index (χ1v) is 14.4. The molecule has 12 heteroatoms. The predicted molar refractivity (Wildman–Crippen MR) is 155 cm³/mol. The van der Waals surface area contributed by atoms with Crippen LogP contribution in [0.1, 0.15) is 19.8 Å². The molecular weight excluding hydrogens is 555 g/mol. The number of nitrogens with zero attached hydrogens (tertiary/aromatic N) is 6. The molecule has 3 unspecified atom stereocenters. The molecule has 2 fully saturated rings. The Morgan fingerprint density at radius 1 is 1.20 bits per heavy atom. The van der Waals surface area contributed by atoms with Crippen molar-refractivity contribution >= 4 is 34.7 Å². The number of hydrogen-bond acceptors (Lipinski definition) is 8. The standard InChI is InChI=1S/C28H36Cl2N6O4/c1-21(32-9-2-14-37)34-10-12-35(13-11-34)23-4-6-24(7-5-23)38-16-25-17-39-28(40-25,18-36-20-31-19-33-36)26-8-3-22(29)15-27(26)30/h3-7,15,19-20,25-26,37H,2,8-14,16-18H2,1H3/b32-21+. The summed E-state index contributed by atoms with van der Waals surface area (Å²) in [4.78, 5) is 13.3. The van der Waals surface area contributed by atoms with Crippen molar-refractivity contribution in [3.8, 4) is 5.75 Å². The van der Waals surface area contributed by atoms with Gasteiger partial charge in [0.1, 0.15) is 31.1 Å². The van der Waals surface area contributed by atoms with Gasteiger partial charge < -0.3 is 29.1 Å². The maximum absolute atomic E-state index is 8.96. The van der Waals surface area contributed by atoms with E-state index in [2.05, 4.69) is 37.0 Å². The van der Waals surface area contributed by atoms with Gasteiger partial charge in [0, 0.05) is 55.1 Å². The van der Waals surface area contributed by atoms with Crippen LogP contribution in [0.4, 0.5) is 5.69 Å². The smallest absolute Gasteiger partial charge is 0.196 e. The van der Waals surface area contributed by atoms with Gasteiger partial charge in [0.15, 0.2) is 5.79 Å².